The molecule has 0 aromatic carbocycles. The maximum absolute atomic E-state index is 10.8. The van der Waals surface area contributed by atoms with Gasteiger partial charge in [-0.3, -0.25) is 0 Å². The fourth-order valence-corrected chi connectivity index (χ4v) is 2.79. The Morgan fingerprint density at radius 2 is 2.30 bits per heavy atom. The third kappa shape index (κ3) is 4.74. The summed E-state index contributed by atoms with van der Waals surface area (Å²) >= 11 is 1.55. The van der Waals surface area contributed by atoms with Crippen LogP contribution in [-0.4, -0.2) is 39.9 Å². The Balaban J connectivity index is 2.71. The Labute approximate surface area is 123 Å². The van der Waals surface area contributed by atoms with E-state index < -0.39 is 6.09 Å². The van der Waals surface area contributed by atoms with Crippen molar-refractivity contribution in [2.75, 3.05) is 13.6 Å². The zero-order chi connectivity index (χ0) is 15.1. The van der Waals surface area contributed by atoms with E-state index in [-0.39, 0.29) is 5.25 Å². The van der Waals surface area contributed by atoms with E-state index in [1.54, 1.807) is 24.9 Å². The summed E-state index contributed by atoms with van der Waals surface area (Å²) in [4.78, 5) is 16.4. The summed E-state index contributed by atoms with van der Waals surface area (Å²) in [6.07, 6.45) is 0.722. The average Bonchev–Trinajstić information content (AvgIpc) is 2.43. The van der Waals surface area contributed by atoms with Crippen molar-refractivity contribution in [3.8, 4) is 6.07 Å². The quantitative estimate of drug-likeness (QED) is 0.815. The van der Waals surface area contributed by atoms with E-state index in [0.717, 1.165) is 23.6 Å². The van der Waals surface area contributed by atoms with E-state index in [0.29, 0.717) is 12.1 Å². The van der Waals surface area contributed by atoms with Crippen LogP contribution in [0, 0.1) is 18.3 Å². The molecule has 1 amide bonds. The Kier molecular flexibility index (Phi) is 6.32. The second kappa shape index (κ2) is 7.75. The number of nitriles is 1. The van der Waals surface area contributed by atoms with E-state index in [9.17, 15) is 4.79 Å². The van der Waals surface area contributed by atoms with Crippen LogP contribution < -0.4 is 0 Å². The molecule has 1 rings (SSSR count). The third-order valence-corrected chi connectivity index (χ3v) is 4.40. The molecular weight excluding hydrogens is 274 g/mol. The van der Waals surface area contributed by atoms with Crippen molar-refractivity contribution < 1.29 is 9.90 Å². The molecule has 1 heterocycles. The number of carbonyl (C=O) groups is 1. The highest BCUT2D eigenvalue weighted by Gasteiger charge is 2.15. The van der Waals surface area contributed by atoms with Gasteiger partial charge in [0, 0.05) is 24.5 Å². The van der Waals surface area contributed by atoms with Crippen LogP contribution >= 0.6 is 11.8 Å². The van der Waals surface area contributed by atoms with Crippen LogP contribution in [0.5, 0.6) is 0 Å². The first-order valence-electron chi connectivity index (χ1n) is 6.46. The molecule has 0 saturated carbocycles. The van der Waals surface area contributed by atoms with Crippen LogP contribution in [0.1, 0.15) is 31.0 Å². The molecule has 0 aliphatic carbocycles. The summed E-state index contributed by atoms with van der Waals surface area (Å²) in [5.41, 5.74) is 1.45. The highest BCUT2D eigenvalue weighted by atomic mass is 32.2. The number of nitrogens with zero attached hydrogens (tertiary/aromatic N) is 3. The molecule has 1 aromatic heterocycles. The summed E-state index contributed by atoms with van der Waals surface area (Å²) in [6, 6.07) is 5.75. The van der Waals surface area contributed by atoms with Crippen LogP contribution in [0.15, 0.2) is 17.2 Å². The molecule has 0 aliphatic rings. The number of hydrogen-bond acceptors (Lipinski definition) is 4. The molecule has 1 N–H and O–H groups in total. The Bertz CT molecular complexity index is 514. The van der Waals surface area contributed by atoms with E-state index in [1.165, 1.54) is 4.90 Å². The second-order valence-electron chi connectivity index (χ2n) is 4.56. The molecule has 20 heavy (non-hydrogen) atoms. The second-order valence-corrected chi connectivity index (χ2v) is 5.85. The van der Waals surface area contributed by atoms with Gasteiger partial charge in [0.25, 0.3) is 0 Å². The van der Waals surface area contributed by atoms with Crippen LogP contribution in [-0.2, 0) is 0 Å². The normalized spacial score (nSPS) is 11.7. The summed E-state index contributed by atoms with van der Waals surface area (Å²) in [5.74, 6) is 0. The van der Waals surface area contributed by atoms with Crippen molar-refractivity contribution in [2.24, 2.45) is 0 Å². The number of carboxylic acid groups (broad SMARTS) is 1. The topological polar surface area (TPSA) is 77.2 Å². The Morgan fingerprint density at radius 3 is 2.85 bits per heavy atom. The van der Waals surface area contributed by atoms with Crippen LogP contribution in [0.25, 0.3) is 0 Å². The van der Waals surface area contributed by atoms with Gasteiger partial charge in [-0.05, 0) is 31.9 Å². The van der Waals surface area contributed by atoms with Gasteiger partial charge in [0.05, 0.1) is 5.56 Å². The van der Waals surface area contributed by atoms with Crippen LogP contribution in [0.3, 0.4) is 0 Å². The van der Waals surface area contributed by atoms with Crippen molar-refractivity contribution in [1.29, 1.82) is 5.26 Å². The first-order chi connectivity index (χ1) is 9.47. The number of aromatic nitrogens is 1. The predicted octanol–water partition coefficient (Wildman–Crippen LogP) is 3.13. The molecule has 0 spiro atoms. The van der Waals surface area contributed by atoms with Crippen molar-refractivity contribution in [1.82, 2.24) is 9.88 Å². The van der Waals surface area contributed by atoms with Gasteiger partial charge in [-0.25, -0.2) is 9.78 Å². The summed E-state index contributed by atoms with van der Waals surface area (Å²) < 4.78 is 0. The van der Waals surface area contributed by atoms with E-state index in [1.807, 2.05) is 13.0 Å². The first kappa shape index (κ1) is 16.3. The van der Waals surface area contributed by atoms with Gasteiger partial charge in [-0.2, -0.15) is 5.26 Å². The molecule has 6 heteroatoms. The lowest BCUT2D eigenvalue weighted by molar-refractivity contribution is 0.155. The molecule has 1 unspecified atom stereocenters. The monoisotopic (exact) mass is 293 g/mol. The van der Waals surface area contributed by atoms with Crippen molar-refractivity contribution in [3.05, 3.63) is 23.4 Å². The van der Waals surface area contributed by atoms with Gasteiger partial charge < -0.3 is 10.0 Å². The Morgan fingerprint density at radius 1 is 1.60 bits per heavy atom. The summed E-state index contributed by atoms with van der Waals surface area (Å²) in [7, 11) is 1.56. The third-order valence-electron chi connectivity index (χ3n) is 2.97. The number of hydrogen-bond donors (Lipinski definition) is 1. The first-order valence-corrected chi connectivity index (χ1v) is 7.34. The minimum absolute atomic E-state index is 0.248. The van der Waals surface area contributed by atoms with Gasteiger partial charge in [0.1, 0.15) is 11.1 Å². The van der Waals surface area contributed by atoms with Crippen molar-refractivity contribution >= 4 is 17.9 Å². The van der Waals surface area contributed by atoms with Crippen molar-refractivity contribution in [2.45, 2.75) is 37.0 Å². The smallest absolute Gasteiger partial charge is 0.407 e. The lowest BCUT2D eigenvalue weighted by Crippen LogP contribution is -2.27. The molecular formula is C14H19N3O2S. The highest BCUT2D eigenvalue weighted by Crippen LogP contribution is 2.29. The standard InChI is InChI=1S/C14H19N3O2S/c1-4-12(7-8-17(3)14(18)19)20-13-11(9-15)6-5-10(2)16-13/h5-6,12H,4,7-8H2,1-3H3,(H,18,19). The number of aryl methyl sites for hydroxylation is 1. The molecule has 0 fully saturated rings. The molecule has 1 atom stereocenters. The Hall–Kier alpha value is -1.74. The van der Waals surface area contributed by atoms with Gasteiger partial charge in [0.2, 0.25) is 0 Å². The zero-order valence-corrected chi connectivity index (χ0v) is 12.8. The predicted molar refractivity (Wildman–Crippen MR) is 78.9 cm³/mol. The molecule has 1 aromatic rings. The van der Waals surface area contributed by atoms with E-state index in [4.69, 9.17) is 10.4 Å². The molecule has 0 radical (unpaired) electrons. The SMILES string of the molecule is CCC(CCN(C)C(=O)O)Sc1nc(C)ccc1C#N. The fraction of sp³-hybridized carbons (Fsp3) is 0.500. The van der Waals surface area contributed by atoms with Gasteiger partial charge in [-0.15, -0.1) is 11.8 Å². The van der Waals surface area contributed by atoms with Crippen LogP contribution in [0.4, 0.5) is 4.79 Å². The number of pyridine rings is 1. The number of thioether (sulfide) groups is 1. The molecule has 5 nitrogen and oxygen atoms in total. The number of amides is 1. The van der Waals surface area contributed by atoms with Crippen LogP contribution in [0.2, 0.25) is 0 Å². The summed E-state index contributed by atoms with van der Waals surface area (Å²) in [5, 5.41) is 18.9. The maximum Gasteiger partial charge on any atom is 0.407 e. The van der Waals surface area contributed by atoms with Gasteiger partial charge in [-0.1, -0.05) is 6.92 Å². The lowest BCUT2D eigenvalue weighted by Gasteiger charge is -2.18. The molecule has 0 aliphatic heterocycles. The maximum atomic E-state index is 10.8. The van der Waals surface area contributed by atoms with Crippen molar-refractivity contribution in [3.63, 3.8) is 0 Å². The average molecular weight is 293 g/mol. The molecule has 0 saturated heterocycles. The largest absolute Gasteiger partial charge is 0.465 e. The molecule has 108 valence electrons. The minimum Gasteiger partial charge on any atom is -0.465 e. The number of rotatable bonds is 6. The van der Waals surface area contributed by atoms with E-state index >= 15 is 0 Å². The van der Waals surface area contributed by atoms with Gasteiger partial charge in [0.15, 0.2) is 0 Å². The zero-order valence-electron chi connectivity index (χ0n) is 12.0. The van der Waals surface area contributed by atoms with E-state index in [2.05, 4.69) is 18.0 Å². The summed E-state index contributed by atoms with van der Waals surface area (Å²) in [6.45, 7) is 4.43. The van der Waals surface area contributed by atoms with Gasteiger partial charge >= 0.3 is 6.09 Å². The minimum atomic E-state index is -0.920. The fourth-order valence-electron chi connectivity index (χ4n) is 1.65. The highest BCUT2D eigenvalue weighted by molar-refractivity contribution is 7.99. The molecule has 0 bridgehead atoms. The lowest BCUT2D eigenvalue weighted by atomic mass is 10.2.